The average Bonchev–Trinajstić information content (AvgIpc) is 2.93. The van der Waals surface area contributed by atoms with E-state index in [1.54, 1.807) is 19.6 Å². The molecular weight excluding hydrogens is 230 g/mol. The summed E-state index contributed by atoms with van der Waals surface area (Å²) in [5.74, 6) is 1.55. The Kier molecular flexibility index (Phi) is 3.43. The second kappa shape index (κ2) is 4.86. The lowest BCUT2D eigenvalue weighted by atomic mass is 10.1. The molecular formula is C13H19N3O2. The number of nitrogens with zero attached hydrogens (tertiary/aromatic N) is 2. The number of nitrogens with two attached hydrogens (primary N) is 1. The molecule has 0 saturated carbocycles. The first-order valence-electron chi connectivity index (χ1n) is 5.96. The Balaban J connectivity index is 2.45. The molecule has 1 atom stereocenters. The average molecular weight is 249 g/mol. The highest BCUT2D eigenvalue weighted by Gasteiger charge is 2.22. The van der Waals surface area contributed by atoms with E-state index in [1.807, 2.05) is 17.7 Å². The van der Waals surface area contributed by atoms with Crippen molar-refractivity contribution in [3.8, 4) is 5.75 Å². The van der Waals surface area contributed by atoms with Gasteiger partial charge in [0.1, 0.15) is 11.5 Å². The van der Waals surface area contributed by atoms with Gasteiger partial charge in [-0.3, -0.25) is 4.68 Å². The Labute approximate surface area is 107 Å². The van der Waals surface area contributed by atoms with Crippen molar-refractivity contribution in [2.45, 2.75) is 32.9 Å². The first-order valence-corrected chi connectivity index (χ1v) is 5.96. The number of ether oxygens (including phenoxy) is 1. The molecule has 2 heterocycles. The molecule has 5 heteroatoms. The summed E-state index contributed by atoms with van der Waals surface area (Å²) in [6.45, 7) is 6.01. The molecule has 0 aromatic carbocycles. The van der Waals surface area contributed by atoms with Crippen molar-refractivity contribution in [2.75, 3.05) is 7.11 Å². The minimum absolute atomic E-state index is 0.225. The van der Waals surface area contributed by atoms with Gasteiger partial charge >= 0.3 is 0 Å². The number of methoxy groups -OCH3 is 1. The van der Waals surface area contributed by atoms with Crippen LogP contribution in [0.4, 0.5) is 0 Å². The summed E-state index contributed by atoms with van der Waals surface area (Å²) in [7, 11) is 1.62. The van der Waals surface area contributed by atoms with Crippen LogP contribution < -0.4 is 10.5 Å². The van der Waals surface area contributed by atoms with E-state index in [9.17, 15) is 0 Å². The second-order valence-corrected chi connectivity index (χ2v) is 4.60. The Morgan fingerprint density at radius 1 is 1.44 bits per heavy atom. The Morgan fingerprint density at radius 2 is 2.17 bits per heavy atom. The van der Waals surface area contributed by atoms with Crippen molar-refractivity contribution < 1.29 is 9.15 Å². The molecule has 0 fully saturated rings. The van der Waals surface area contributed by atoms with Gasteiger partial charge in [-0.15, -0.1) is 0 Å². The summed E-state index contributed by atoms with van der Waals surface area (Å²) in [4.78, 5) is 0. The van der Waals surface area contributed by atoms with Crippen molar-refractivity contribution in [3.63, 3.8) is 0 Å². The van der Waals surface area contributed by atoms with Gasteiger partial charge in [0.15, 0.2) is 5.75 Å². The summed E-state index contributed by atoms with van der Waals surface area (Å²) < 4.78 is 12.5. The summed E-state index contributed by atoms with van der Waals surface area (Å²) in [6.07, 6.45) is 3.37. The van der Waals surface area contributed by atoms with Crippen LogP contribution in [0.3, 0.4) is 0 Å². The van der Waals surface area contributed by atoms with Crippen LogP contribution in [0.15, 0.2) is 22.9 Å². The quantitative estimate of drug-likeness (QED) is 0.903. The molecule has 5 nitrogen and oxygen atoms in total. The van der Waals surface area contributed by atoms with E-state index < -0.39 is 0 Å². The van der Waals surface area contributed by atoms with Gasteiger partial charge in [0.2, 0.25) is 0 Å². The van der Waals surface area contributed by atoms with E-state index in [2.05, 4.69) is 18.9 Å². The highest BCUT2D eigenvalue weighted by molar-refractivity contribution is 5.35. The molecule has 0 aliphatic heterocycles. The molecule has 1 unspecified atom stereocenters. The zero-order valence-electron chi connectivity index (χ0n) is 11.2. The van der Waals surface area contributed by atoms with E-state index in [-0.39, 0.29) is 12.1 Å². The van der Waals surface area contributed by atoms with Gasteiger partial charge in [0.25, 0.3) is 0 Å². The largest absolute Gasteiger partial charge is 0.493 e. The predicted molar refractivity (Wildman–Crippen MR) is 68.6 cm³/mol. The van der Waals surface area contributed by atoms with Crippen LogP contribution in [-0.4, -0.2) is 16.9 Å². The van der Waals surface area contributed by atoms with Gasteiger partial charge in [-0.1, -0.05) is 0 Å². The molecule has 2 aromatic heterocycles. The van der Waals surface area contributed by atoms with Crippen molar-refractivity contribution in [1.29, 1.82) is 0 Å². The zero-order chi connectivity index (χ0) is 13.3. The van der Waals surface area contributed by atoms with Crippen LogP contribution in [0.1, 0.15) is 42.9 Å². The lowest BCUT2D eigenvalue weighted by Gasteiger charge is -2.16. The molecule has 0 aliphatic carbocycles. The molecule has 0 amide bonds. The highest BCUT2D eigenvalue weighted by Crippen LogP contribution is 2.30. The highest BCUT2D eigenvalue weighted by atomic mass is 16.5. The van der Waals surface area contributed by atoms with E-state index in [0.29, 0.717) is 5.75 Å². The molecule has 0 radical (unpaired) electrons. The number of aromatic nitrogens is 2. The fourth-order valence-electron chi connectivity index (χ4n) is 2.01. The molecule has 2 N–H and O–H groups in total. The Morgan fingerprint density at radius 3 is 2.67 bits per heavy atom. The fourth-order valence-corrected chi connectivity index (χ4v) is 2.01. The maximum absolute atomic E-state index is 6.29. The Bertz CT molecular complexity index is 528. The minimum atomic E-state index is -0.303. The first-order chi connectivity index (χ1) is 8.54. The third-order valence-corrected chi connectivity index (χ3v) is 2.91. The van der Waals surface area contributed by atoms with Gasteiger partial charge in [0, 0.05) is 11.6 Å². The van der Waals surface area contributed by atoms with E-state index in [1.165, 1.54) is 0 Å². The molecule has 0 aliphatic rings. The molecule has 2 aromatic rings. The van der Waals surface area contributed by atoms with Crippen LogP contribution in [0, 0.1) is 6.92 Å². The maximum Gasteiger partial charge on any atom is 0.161 e. The van der Waals surface area contributed by atoms with Gasteiger partial charge in [0.05, 0.1) is 25.6 Å². The van der Waals surface area contributed by atoms with Crippen LogP contribution in [-0.2, 0) is 0 Å². The minimum Gasteiger partial charge on any atom is -0.493 e. The van der Waals surface area contributed by atoms with Crippen LogP contribution in [0.5, 0.6) is 5.75 Å². The van der Waals surface area contributed by atoms with Gasteiger partial charge < -0.3 is 14.9 Å². The fraction of sp³-hybridized carbons (Fsp3) is 0.462. The maximum atomic E-state index is 6.29. The summed E-state index contributed by atoms with van der Waals surface area (Å²) >= 11 is 0. The van der Waals surface area contributed by atoms with Crippen LogP contribution in [0.2, 0.25) is 0 Å². The molecule has 18 heavy (non-hydrogen) atoms. The molecule has 2 rings (SSSR count). The summed E-state index contributed by atoms with van der Waals surface area (Å²) in [5, 5.41) is 4.32. The molecule has 0 spiro atoms. The van der Waals surface area contributed by atoms with Crippen molar-refractivity contribution in [3.05, 3.63) is 35.5 Å². The molecule has 0 saturated heterocycles. The summed E-state index contributed by atoms with van der Waals surface area (Å²) in [6, 6.07) is 1.85. The smallest absolute Gasteiger partial charge is 0.161 e. The van der Waals surface area contributed by atoms with Crippen molar-refractivity contribution in [1.82, 2.24) is 9.78 Å². The number of hydrogen-bond donors (Lipinski definition) is 1. The second-order valence-electron chi connectivity index (χ2n) is 4.60. The predicted octanol–water partition coefficient (Wildman–Crippen LogP) is 2.42. The van der Waals surface area contributed by atoms with Crippen molar-refractivity contribution >= 4 is 0 Å². The monoisotopic (exact) mass is 249 g/mol. The van der Waals surface area contributed by atoms with E-state index in [0.717, 1.165) is 17.0 Å². The topological polar surface area (TPSA) is 66.2 Å². The third-order valence-electron chi connectivity index (χ3n) is 2.91. The van der Waals surface area contributed by atoms with Crippen molar-refractivity contribution in [2.24, 2.45) is 5.73 Å². The SMILES string of the molecule is COc1cnn(C(C)C)c1C(N)c1coc(C)c1. The van der Waals surface area contributed by atoms with E-state index >= 15 is 0 Å². The van der Waals surface area contributed by atoms with Crippen LogP contribution in [0.25, 0.3) is 0 Å². The van der Waals surface area contributed by atoms with Gasteiger partial charge in [-0.05, 0) is 26.8 Å². The third kappa shape index (κ3) is 2.13. The van der Waals surface area contributed by atoms with Gasteiger partial charge in [-0.25, -0.2) is 0 Å². The summed E-state index contributed by atoms with van der Waals surface area (Å²) in [5.41, 5.74) is 8.08. The number of aryl methyl sites for hydroxylation is 1. The normalized spacial score (nSPS) is 13.0. The number of hydrogen-bond acceptors (Lipinski definition) is 4. The first kappa shape index (κ1) is 12.7. The lowest BCUT2D eigenvalue weighted by molar-refractivity contribution is 0.400. The lowest BCUT2D eigenvalue weighted by Crippen LogP contribution is -2.19. The Hall–Kier alpha value is -1.75. The zero-order valence-corrected chi connectivity index (χ0v) is 11.2. The number of furan rings is 1. The number of rotatable bonds is 4. The standard InChI is InChI=1S/C13H19N3O2/c1-8(2)16-13(11(17-4)6-15-16)12(14)10-5-9(3)18-7-10/h5-8,12H,14H2,1-4H3. The molecule has 98 valence electrons. The van der Waals surface area contributed by atoms with Crippen LogP contribution >= 0.6 is 0 Å². The van der Waals surface area contributed by atoms with E-state index in [4.69, 9.17) is 14.9 Å². The van der Waals surface area contributed by atoms with Gasteiger partial charge in [-0.2, -0.15) is 5.10 Å². The molecule has 0 bridgehead atoms.